The van der Waals surface area contributed by atoms with Crippen LogP contribution in [0.5, 0.6) is 0 Å². The van der Waals surface area contributed by atoms with Crippen LogP contribution in [0.25, 0.3) is 0 Å². The molecule has 15 heavy (non-hydrogen) atoms. The Hall–Kier alpha value is -1.10. The monoisotopic (exact) mass is 215 g/mol. The summed E-state index contributed by atoms with van der Waals surface area (Å²) in [4.78, 5) is 24.3. The van der Waals surface area contributed by atoms with Gasteiger partial charge in [-0.3, -0.25) is 9.59 Å². The van der Waals surface area contributed by atoms with Gasteiger partial charge in [-0.15, -0.1) is 0 Å². The molecule has 0 aliphatic heterocycles. The highest BCUT2D eigenvalue weighted by atomic mass is 16.2. The van der Waals surface area contributed by atoms with Crippen molar-refractivity contribution >= 4 is 11.8 Å². The maximum atomic E-state index is 11.5. The van der Waals surface area contributed by atoms with E-state index in [9.17, 15) is 9.59 Å². The summed E-state index contributed by atoms with van der Waals surface area (Å²) in [6.45, 7) is 6.04. The van der Waals surface area contributed by atoms with E-state index in [1.54, 1.807) is 11.9 Å². The van der Waals surface area contributed by atoms with Gasteiger partial charge in [0, 0.05) is 26.1 Å². The van der Waals surface area contributed by atoms with E-state index in [0.29, 0.717) is 19.5 Å². The highest BCUT2D eigenvalue weighted by Crippen LogP contribution is 1.92. The first-order valence-electron chi connectivity index (χ1n) is 5.34. The topological polar surface area (TPSA) is 61.4 Å². The second-order valence-corrected chi connectivity index (χ2v) is 3.20. The van der Waals surface area contributed by atoms with E-state index in [4.69, 9.17) is 0 Å². The zero-order valence-corrected chi connectivity index (χ0v) is 9.80. The standard InChI is InChI=1S/C10H21N3O2/c1-4-13(5-2)10(15)6-7-12-9(14)8-11-3/h11H,4-8H2,1-3H3,(H,12,14). The minimum atomic E-state index is -0.0788. The quantitative estimate of drug-likeness (QED) is 0.606. The molecule has 0 rings (SSSR count). The van der Waals surface area contributed by atoms with Crippen molar-refractivity contribution in [3.05, 3.63) is 0 Å². The predicted octanol–water partition coefficient (Wildman–Crippen LogP) is -0.419. The number of nitrogens with zero attached hydrogens (tertiary/aromatic N) is 1. The fourth-order valence-corrected chi connectivity index (χ4v) is 1.27. The van der Waals surface area contributed by atoms with E-state index in [1.165, 1.54) is 0 Å². The number of nitrogens with one attached hydrogen (secondary N) is 2. The van der Waals surface area contributed by atoms with Crippen LogP contribution in [0.15, 0.2) is 0 Å². The van der Waals surface area contributed by atoms with E-state index in [2.05, 4.69) is 10.6 Å². The van der Waals surface area contributed by atoms with Gasteiger partial charge < -0.3 is 15.5 Å². The summed E-state index contributed by atoms with van der Waals surface area (Å²) in [5, 5.41) is 5.41. The van der Waals surface area contributed by atoms with Crippen LogP contribution >= 0.6 is 0 Å². The zero-order valence-electron chi connectivity index (χ0n) is 9.80. The summed E-state index contributed by atoms with van der Waals surface area (Å²) in [5.74, 6) is 0.00889. The molecule has 0 bridgehead atoms. The van der Waals surface area contributed by atoms with E-state index in [0.717, 1.165) is 13.1 Å². The van der Waals surface area contributed by atoms with Crippen molar-refractivity contribution in [2.75, 3.05) is 33.2 Å². The second-order valence-electron chi connectivity index (χ2n) is 3.20. The third kappa shape index (κ3) is 6.06. The predicted molar refractivity (Wildman–Crippen MR) is 59.5 cm³/mol. The van der Waals surface area contributed by atoms with Crippen molar-refractivity contribution in [1.29, 1.82) is 0 Å². The minimum absolute atomic E-state index is 0.0788. The SMILES string of the molecule is CCN(CC)C(=O)CCNC(=O)CNC. The molecular formula is C10H21N3O2. The van der Waals surface area contributed by atoms with E-state index in [-0.39, 0.29) is 11.8 Å². The molecule has 88 valence electrons. The Kier molecular flexibility index (Phi) is 7.62. The molecule has 0 spiro atoms. The molecule has 0 aliphatic carbocycles. The number of likely N-dealkylation sites (N-methyl/N-ethyl adjacent to an activating group) is 1. The van der Waals surface area contributed by atoms with Crippen molar-refractivity contribution in [2.45, 2.75) is 20.3 Å². The smallest absolute Gasteiger partial charge is 0.233 e. The van der Waals surface area contributed by atoms with E-state index in [1.807, 2.05) is 13.8 Å². The Morgan fingerprint density at radius 1 is 1.20 bits per heavy atom. The van der Waals surface area contributed by atoms with Crippen LogP contribution in [0.3, 0.4) is 0 Å². The van der Waals surface area contributed by atoms with Gasteiger partial charge in [0.1, 0.15) is 0 Å². The fourth-order valence-electron chi connectivity index (χ4n) is 1.27. The summed E-state index contributed by atoms with van der Waals surface area (Å²) in [6, 6.07) is 0. The third-order valence-corrected chi connectivity index (χ3v) is 2.11. The fraction of sp³-hybridized carbons (Fsp3) is 0.800. The number of hydrogen-bond acceptors (Lipinski definition) is 3. The molecule has 0 heterocycles. The summed E-state index contributed by atoms with van der Waals surface area (Å²) in [6.07, 6.45) is 0.372. The third-order valence-electron chi connectivity index (χ3n) is 2.11. The van der Waals surface area contributed by atoms with Crippen molar-refractivity contribution < 1.29 is 9.59 Å². The molecule has 0 aromatic heterocycles. The summed E-state index contributed by atoms with van der Waals surface area (Å²) in [7, 11) is 1.71. The Morgan fingerprint density at radius 3 is 2.27 bits per heavy atom. The molecule has 0 unspecified atom stereocenters. The number of carbonyl (C=O) groups is 2. The lowest BCUT2D eigenvalue weighted by molar-refractivity contribution is -0.130. The molecule has 2 N–H and O–H groups in total. The lowest BCUT2D eigenvalue weighted by Crippen LogP contribution is -2.36. The van der Waals surface area contributed by atoms with Crippen molar-refractivity contribution in [3.8, 4) is 0 Å². The van der Waals surface area contributed by atoms with Crippen molar-refractivity contribution in [2.24, 2.45) is 0 Å². The molecule has 5 heteroatoms. The molecule has 5 nitrogen and oxygen atoms in total. The maximum Gasteiger partial charge on any atom is 0.233 e. The summed E-state index contributed by atoms with van der Waals surface area (Å²) >= 11 is 0. The van der Waals surface area contributed by atoms with Crippen LogP contribution in [0, 0.1) is 0 Å². The lowest BCUT2D eigenvalue weighted by atomic mass is 10.3. The number of amides is 2. The highest BCUT2D eigenvalue weighted by Gasteiger charge is 2.09. The summed E-state index contributed by atoms with van der Waals surface area (Å²) in [5.41, 5.74) is 0. The van der Waals surface area contributed by atoms with Gasteiger partial charge in [0.05, 0.1) is 6.54 Å². The molecule has 2 amide bonds. The van der Waals surface area contributed by atoms with E-state index >= 15 is 0 Å². The molecule has 0 aliphatic rings. The largest absolute Gasteiger partial charge is 0.354 e. The molecule has 0 radical (unpaired) electrons. The van der Waals surface area contributed by atoms with E-state index < -0.39 is 0 Å². The first kappa shape index (κ1) is 13.9. The number of carbonyl (C=O) groups excluding carboxylic acids is 2. The van der Waals surface area contributed by atoms with Crippen LogP contribution in [0.2, 0.25) is 0 Å². The van der Waals surface area contributed by atoms with Crippen LogP contribution in [0.4, 0.5) is 0 Å². The van der Waals surface area contributed by atoms with Crippen LogP contribution in [0.1, 0.15) is 20.3 Å². The van der Waals surface area contributed by atoms with Gasteiger partial charge in [-0.05, 0) is 20.9 Å². The normalized spacial score (nSPS) is 9.80. The van der Waals surface area contributed by atoms with Gasteiger partial charge in [0.2, 0.25) is 11.8 Å². The molecule has 0 atom stereocenters. The maximum absolute atomic E-state index is 11.5. The summed E-state index contributed by atoms with van der Waals surface area (Å²) < 4.78 is 0. The highest BCUT2D eigenvalue weighted by molar-refractivity contribution is 5.80. The zero-order chi connectivity index (χ0) is 11.7. The van der Waals surface area contributed by atoms with Crippen molar-refractivity contribution in [1.82, 2.24) is 15.5 Å². The van der Waals surface area contributed by atoms with Gasteiger partial charge in [-0.2, -0.15) is 0 Å². The molecule has 0 aromatic carbocycles. The Bertz CT molecular complexity index is 203. The molecule has 0 saturated carbocycles. The minimum Gasteiger partial charge on any atom is -0.354 e. The number of hydrogen-bond donors (Lipinski definition) is 2. The Morgan fingerprint density at radius 2 is 1.80 bits per heavy atom. The first-order chi connectivity index (χ1) is 7.15. The molecule has 0 fully saturated rings. The molecule has 0 aromatic rings. The van der Waals surface area contributed by atoms with Gasteiger partial charge >= 0.3 is 0 Å². The van der Waals surface area contributed by atoms with Crippen molar-refractivity contribution in [3.63, 3.8) is 0 Å². The Labute approximate surface area is 91.2 Å². The van der Waals surface area contributed by atoms with Crippen LogP contribution < -0.4 is 10.6 Å². The van der Waals surface area contributed by atoms with Gasteiger partial charge in [-0.25, -0.2) is 0 Å². The molecular weight excluding hydrogens is 194 g/mol. The van der Waals surface area contributed by atoms with Crippen LogP contribution in [-0.2, 0) is 9.59 Å². The lowest BCUT2D eigenvalue weighted by Gasteiger charge is -2.18. The van der Waals surface area contributed by atoms with Gasteiger partial charge in [0.25, 0.3) is 0 Å². The van der Waals surface area contributed by atoms with Gasteiger partial charge in [0.15, 0.2) is 0 Å². The average molecular weight is 215 g/mol. The van der Waals surface area contributed by atoms with Crippen LogP contribution in [-0.4, -0.2) is 49.9 Å². The van der Waals surface area contributed by atoms with Gasteiger partial charge in [-0.1, -0.05) is 0 Å². The first-order valence-corrected chi connectivity index (χ1v) is 5.34. The second kappa shape index (κ2) is 8.23. The average Bonchev–Trinajstić information content (AvgIpc) is 2.20. The Balaban J connectivity index is 3.67. The number of rotatable bonds is 7. The molecule has 0 saturated heterocycles.